The third-order valence-electron chi connectivity index (χ3n) is 2.00. The van der Waals surface area contributed by atoms with Crippen molar-refractivity contribution in [1.29, 1.82) is 0 Å². The van der Waals surface area contributed by atoms with E-state index >= 15 is 0 Å². The number of anilines is 3. The van der Waals surface area contributed by atoms with Crippen molar-refractivity contribution >= 4 is 40.4 Å². The number of hydrogen-bond donors (Lipinski definition) is 2. The number of nitrogen functional groups attached to an aromatic ring is 1. The normalized spacial score (nSPS) is 10.1. The molecule has 1 aromatic heterocycles. The molecule has 0 saturated heterocycles. The van der Waals surface area contributed by atoms with Gasteiger partial charge in [-0.3, -0.25) is 0 Å². The maximum Gasteiger partial charge on any atom is 0.132 e. The van der Waals surface area contributed by atoms with E-state index in [4.69, 9.17) is 28.9 Å². The number of aromatic nitrogens is 1. The van der Waals surface area contributed by atoms with E-state index in [1.54, 1.807) is 36.5 Å². The zero-order valence-corrected chi connectivity index (χ0v) is 9.76. The van der Waals surface area contributed by atoms with E-state index < -0.39 is 0 Å². The minimum atomic E-state index is 0.539. The lowest BCUT2D eigenvalue weighted by molar-refractivity contribution is 1.31. The molecule has 0 spiro atoms. The molecule has 2 aromatic rings. The average molecular weight is 254 g/mol. The van der Waals surface area contributed by atoms with Crippen LogP contribution >= 0.6 is 23.2 Å². The predicted molar refractivity (Wildman–Crippen MR) is 68.4 cm³/mol. The summed E-state index contributed by atoms with van der Waals surface area (Å²) in [6, 6.07) is 8.70. The zero-order chi connectivity index (χ0) is 11.5. The molecule has 0 aliphatic carbocycles. The second kappa shape index (κ2) is 4.60. The zero-order valence-electron chi connectivity index (χ0n) is 8.24. The molecule has 1 aromatic carbocycles. The van der Waals surface area contributed by atoms with Gasteiger partial charge in [0, 0.05) is 18.0 Å². The highest BCUT2D eigenvalue weighted by Crippen LogP contribution is 2.32. The summed E-state index contributed by atoms with van der Waals surface area (Å²) in [5.74, 6) is 0.606. The Morgan fingerprint density at radius 1 is 1.12 bits per heavy atom. The van der Waals surface area contributed by atoms with Gasteiger partial charge in [-0.1, -0.05) is 29.3 Å². The highest BCUT2D eigenvalue weighted by atomic mass is 35.5. The predicted octanol–water partition coefficient (Wildman–Crippen LogP) is 3.71. The maximum absolute atomic E-state index is 6.01. The van der Waals surface area contributed by atoms with Crippen molar-refractivity contribution in [3.63, 3.8) is 0 Å². The minimum Gasteiger partial charge on any atom is -0.399 e. The third-order valence-corrected chi connectivity index (χ3v) is 2.63. The Kier molecular flexibility index (Phi) is 3.17. The van der Waals surface area contributed by atoms with E-state index in [-0.39, 0.29) is 0 Å². The smallest absolute Gasteiger partial charge is 0.132 e. The van der Waals surface area contributed by atoms with E-state index in [2.05, 4.69) is 10.3 Å². The molecule has 0 atom stereocenters. The number of nitrogens with two attached hydrogens (primary N) is 1. The van der Waals surface area contributed by atoms with Crippen molar-refractivity contribution in [1.82, 2.24) is 4.98 Å². The van der Waals surface area contributed by atoms with Crippen molar-refractivity contribution in [2.45, 2.75) is 0 Å². The molecule has 1 heterocycles. The SMILES string of the molecule is Nc1ccnc(Nc2c(Cl)cccc2Cl)c1. The molecule has 0 saturated carbocycles. The molecule has 0 radical (unpaired) electrons. The summed E-state index contributed by atoms with van der Waals surface area (Å²) in [7, 11) is 0. The Morgan fingerprint density at radius 2 is 1.81 bits per heavy atom. The van der Waals surface area contributed by atoms with Crippen LogP contribution in [0.4, 0.5) is 17.2 Å². The monoisotopic (exact) mass is 253 g/mol. The van der Waals surface area contributed by atoms with Gasteiger partial charge < -0.3 is 11.1 Å². The molecule has 16 heavy (non-hydrogen) atoms. The van der Waals surface area contributed by atoms with Gasteiger partial charge in [-0.15, -0.1) is 0 Å². The van der Waals surface area contributed by atoms with Gasteiger partial charge in [0.15, 0.2) is 0 Å². The average Bonchev–Trinajstić information content (AvgIpc) is 2.24. The fourth-order valence-electron chi connectivity index (χ4n) is 1.26. The molecule has 0 aliphatic heterocycles. The number of pyridine rings is 1. The number of nitrogens with one attached hydrogen (secondary N) is 1. The molecule has 0 amide bonds. The third kappa shape index (κ3) is 2.38. The quantitative estimate of drug-likeness (QED) is 0.858. The van der Waals surface area contributed by atoms with Crippen molar-refractivity contribution in [2.24, 2.45) is 0 Å². The molecule has 0 fully saturated rings. The Morgan fingerprint density at radius 3 is 2.44 bits per heavy atom. The van der Waals surface area contributed by atoms with Crippen molar-refractivity contribution in [3.8, 4) is 0 Å². The molecule has 82 valence electrons. The van der Waals surface area contributed by atoms with E-state index in [0.717, 1.165) is 0 Å². The summed E-state index contributed by atoms with van der Waals surface area (Å²) in [5.41, 5.74) is 6.90. The van der Waals surface area contributed by atoms with Gasteiger partial charge in [-0.2, -0.15) is 0 Å². The van der Waals surface area contributed by atoms with Gasteiger partial charge in [0.05, 0.1) is 15.7 Å². The fourth-order valence-corrected chi connectivity index (χ4v) is 1.75. The maximum atomic E-state index is 6.01. The largest absolute Gasteiger partial charge is 0.399 e. The molecule has 5 heteroatoms. The van der Waals surface area contributed by atoms with Crippen LogP contribution in [0.15, 0.2) is 36.5 Å². The molecule has 2 rings (SSSR count). The highest BCUT2D eigenvalue weighted by Gasteiger charge is 2.05. The first kappa shape index (κ1) is 11.0. The molecule has 3 N–H and O–H groups in total. The summed E-state index contributed by atoms with van der Waals surface area (Å²) in [5, 5.41) is 4.10. The van der Waals surface area contributed by atoms with Gasteiger partial charge >= 0.3 is 0 Å². The highest BCUT2D eigenvalue weighted by molar-refractivity contribution is 6.39. The number of rotatable bonds is 2. The standard InChI is InChI=1S/C11H9Cl2N3/c12-8-2-1-3-9(13)11(8)16-10-6-7(14)4-5-15-10/h1-6H,(H3,14,15,16). The first-order chi connectivity index (χ1) is 7.66. The van der Waals surface area contributed by atoms with Crippen LogP contribution in [0, 0.1) is 0 Å². The number of benzene rings is 1. The lowest BCUT2D eigenvalue weighted by Crippen LogP contribution is -1.96. The van der Waals surface area contributed by atoms with Crippen molar-refractivity contribution in [2.75, 3.05) is 11.1 Å². The van der Waals surface area contributed by atoms with Gasteiger partial charge in [0.2, 0.25) is 0 Å². The number of para-hydroxylation sites is 1. The van der Waals surface area contributed by atoms with E-state index in [9.17, 15) is 0 Å². The number of halogens is 2. The Balaban J connectivity index is 2.34. The summed E-state index contributed by atoms with van der Waals surface area (Å²) < 4.78 is 0. The second-order valence-corrected chi connectivity index (χ2v) is 4.01. The molecular weight excluding hydrogens is 245 g/mol. The molecule has 0 aliphatic rings. The molecule has 0 bridgehead atoms. The van der Waals surface area contributed by atoms with E-state index in [1.165, 1.54) is 0 Å². The van der Waals surface area contributed by atoms with Gasteiger partial charge in [-0.05, 0) is 18.2 Å². The lowest BCUT2D eigenvalue weighted by Gasteiger charge is -2.09. The van der Waals surface area contributed by atoms with E-state index in [1.807, 2.05) is 0 Å². The summed E-state index contributed by atoms with van der Waals surface area (Å²) in [6.45, 7) is 0. The molecular formula is C11H9Cl2N3. The first-order valence-corrected chi connectivity index (χ1v) is 5.35. The van der Waals surface area contributed by atoms with Crippen LogP contribution < -0.4 is 11.1 Å². The Labute approximate surface area is 103 Å². The number of nitrogens with zero attached hydrogens (tertiary/aromatic N) is 1. The van der Waals surface area contributed by atoms with Crippen molar-refractivity contribution in [3.05, 3.63) is 46.6 Å². The Bertz CT molecular complexity index is 494. The summed E-state index contributed by atoms with van der Waals surface area (Å²) in [6.07, 6.45) is 1.61. The minimum absolute atomic E-state index is 0.539. The fraction of sp³-hybridized carbons (Fsp3) is 0. The summed E-state index contributed by atoms with van der Waals surface area (Å²) in [4.78, 5) is 4.11. The van der Waals surface area contributed by atoms with Crippen molar-refractivity contribution < 1.29 is 0 Å². The Hall–Kier alpha value is -1.45. The lowest BCUT2D eigenvalue weighted by atomic mass is 10.3. The second-order valence-electron chi connectivity index (χ2n) is 3.20. The topological polar surface area (TPSA) is 50.9 Å². The van der Waals surface area contributed by atoms with Crippen LogP contribution in [0.2, 0.25) is 10.0 Å². The van der Waals surface area contributed by atoms with Gasteiger partial charge in [-0.25, -0.2) is 4.98 Å². The van der Waals surface area contributed by atoms with Crippen LogP contribution in [0.5, 0.6) is 0 Å². The van der Waals surface area contributed by atoms with Crippen LogP contribution in [-0.4, -0.2) is 4.98 Å². The summed E-state index contributed by atoms with van der Waals surface area (Å²) >= 11 is 12.0. The van der Waals surface area contributed by atoms with Crippen LogP contribution in [0.1, 0.15) is 0 Å². The number of hydrogen-bond acceptors (Lipinski definition) is 3. The molecule has 0 unspecified atom stereocenters. The van der Waals surface area contributed by atoms with Gasteiger partial charge in [0.1, 0.15) is 5.82 Å². The first-order valence-electron chi connectivity index (χ1n) is 4.59. The molecule has 3 nitrogen and oxygen atoms in total. The van der Waals surface area contributed by atoms with Crippen LogP contribution in [-0.2, 0) is 0 Å². The van der Waals surface area contributed by atoms with Gasteiger partial charge in [0.25, 0.3) is 0 Å². The van der Waals surface area contributed by atoms with Crippen LogP contribution in [0.3, 0.4) is 0 Å². The van der Waals surface area contributed by atoms with Crippen LogP contribution in [0.25, 0.3) is 0 Å². The van der Waals surface area contributed by atoms with E-state index in [0.29, 0.717) is 27.2 Å².